The highest BCUT2D eigenvalue weighted by Gasteiger charge is 2.23. The smallest absolute Gasteiger partial charge is 0.255 e. The van der Waals surface area contributed by atoms with Gasteiger partial charge >= 0.3 is 0 Å². The van der Waals surface area contributed by atoms with Gasteiger partial charge in [0.05, 0.1) is 22.8 Å². The highest BCUT2D eigenvalue weighted by atomic mass is 16.1. The van der Waals surface area contributed by atoms with Crippen molar-refractivity contribution in [1.82, 2.24) is 24.6 Å². The van der Waals surface area contributed by atoms with Gasteiger partial charge in [0.25, 0.3) is 5.91 Å². The van der Waals surface area contributed by atoms with Gasteiger partial charge in [-0.1, -0.05) is 42.5 Å². The lowest BCUT2D eigenvalue weighted by atomic mass is 10.1. The summed E-state index contributed by atoms with van der Waals surface area (Å²) in [6.45, 7) is 2.71. The van der Waals surface area contributed by atoms with Gasteiger partial charge in [-0.2, -0.15) is 5.10 Å². The van der Waals surface area contributed by atoms with Crippen LogP contribution < -0.4 is 5.32 Å². The maximum absolute atomic E-state index is 12.9. The van der Waals surface area contributed by atoms with Crippen molar-refractivity contribution in [3.63, 3.8) is 0 Å². The number of carbonyl (C=O) groups excluding carboxylic acids is 1. The summed E-state index contributed by atoms with van der Waals surface area (Å²) in [5.41, 5.74) is 3.45. The van der Waals surface area contributed by atoms with Crippen molar-refractivity contribution in [3.05, 3.63) is 83.9 Å². The molecule has 1 amide bonds. The molecular formula is C21H21N5O. The van der Waals surface area contributed by atoms with E-state index in [9.17, 15) is 4.79 Å². The number of hydrogen-bond donors (Lipinski definition) is 1. The van der Waals surface area contributed by atoms with Crippen molar-refractivity contribution in [3.8, 4) is 0 Å². The lowest BCUT2D eigenvalue weighted by molar-refractivity contribution is 0.0941. The van der Waals surface area contributed by atoms with Crippen LogP contribution in [0.4, 0.5) is 0 Å². The third-order valence-electron chi connectivity index (χ3n) is 4.71. The first kappa shape index (κ1) is 17.0. The molecule has 0 aliphatic heterocycles. The minimum atomic E-state index is -0.360. The van der Waals surface area contributed by atoms with Gasteiger partial charge in [0.15, 0.2) is 0 Å². The number of aryl methyl sites for hydroxylation is 2. The number of rotatable bonds is 5. The van der Waals surface area contributed by atoms with Crippen molar-refractivity contribution in [2.75, 3.05) is 0 Å². The molecule has 6 nitrogen and oxygen atoms in total. The van der Waals surface area contributed by atoms with Crippen LogP contribution in [0, 0.1) is 0 Å². The van der Waals surface area contributed by atoms with Crippen LogP contribution in [0.3, 0.4) is 0 Å². The van der Waals surface area contributed by atoms with Crippen LogP contribution in [-0.2, 0) is 13.6 Å². The first-order valence-corrected chi connectivity index (χ1v) is 8.97. The molecule has 2 aromatic carbocycles. The average molecular weight is 359 g/mol. The van der Waals surface area contributed by atoms with E-state index in [0.717, 1.165) is 29.0 Å². The zero-order chi connectivity index (χ0) is 18.8. The molecule has 6 heteroatoms. The van der Waals surface area contributed by atoms with E-state index in [4.69, 9.17) is 4.98 Å². The monoisotopic (exact) mass is 359 g/mol. The van der Waals surface area contributed by atoms with Crippen molar-refractivity contribution >= 4 is 16.9 Å². The topological polar surface area (TPSA) is 64.7 Å². The number of benzene rings is 2. The molecule has 0 aliphatic rings. The quantitative estimate of drug-likeness (QED) is 0.595. The van der Waals surface area contributed by atoms with E-state index >= 15 is 0 Å². The van der Waals surface area contributed by atoms with Crippen molar-refractivity contribution in [2.24, 2.45) is 7.05 Å². The number of amides is 1. The van der Waals surface area contributed by atoms with E-state index in [0.29, 0.717) is 5.56 Å². The molecule has 27 heavy (non-hydrogen) atoms. The molecule has 0 unspecified atom stereocenters. The normalized spacial score (nSPS) is 12.2. The van der Waals surface area contributed by atoms with Gasteiger partial charge in [-0.05, 0) is 24.6 Å². The number of hydrogen-bond acceptors (Lipinski definition) is 3. The number of imidazole rings is 1. The number of fused-ring (bicyclic) bond motifs is 1. The van der Waals surface area contributed by atoms with Crippen molar-refractivity contribution in [1.29, 1.82) is 0 Å². The predicted molar refractivity (Wildman–Crippen MR) is 104 cm³/mol. The number of aromatic nitrogens is 4. The lowest BCUT2D eigenvalue weighted by Crippen LogP contribution is -2.31. The molecule has 0 bridgehead atoms. The summed E-state index contributed by atoms with van der Waals surface area (Å²) in [5, 5.41) is 7.33. The molecule has 2 aromatic heterocycles. The van der Waals surface area contributed by atoms with Gasteiger partial charge in [0, 0.05) is 19.8 Å². The minimum Gasteiger partial charge on any atom is -0.338 e. The third-order valence-corrected chi connectivity index (χ3v) is 4.71. The number of nitrogens with zero attached hydrogens (tertiary/aromatic N) is 4. The fourth-order valence-corrected chi connectivity index (χ4v) is 3.23. The summed E-state index contributed by atoms with van der Waals surface area (Å²) in [4.78, 5) is 17.6. The van der Waals surface area contributed by atoms with Gasteiger partial charge in [-0.25, -0.2) is 4.98 Å². The minimum absolute atomic E-state index is 0.171. The van der Waals surface area contributed by atoms with Gasteiger partial charge in [0.2, 0.25) is 0 Å². The summed E-state index contributed by atoms with van der Waals surface area (Å²) in [7, 11) is 1.97. The lowest BCUT2D eigenvalue weighted by Gasteiger charge is -2.19. The Bertz CT molecular complexity index is 1080. The molecular weight excluding hydrogens is 338 g/mol. The van der Waals surface area contributed by atoms with E-state index in [1.807, 2.05) is 73.1 Å². The molecule has 0 fully saturated rings. The zero-order valence-corrected chi connectivity index (χ0v) is 15.3. The fourth-order valence-electron chi connectivity index (χ4n) is 3.23. The standard InChI is InChI=1S/C21H21N5O/c1-3-26-14-16(13-22-26)21(27)24-19(15-9-5-4-6-10-15)20-23-17-11-7-8-12-18(17)25(20)2/h4-14,19H,3H2,1-2H3,(H,24,27)/t19-/m1/s1. The van der Waals surface area contributed by atoms with Crippen LogP contribution in [0.15, 0.2) is 67.0 Å². The average Bonchev–Trinajstić information content (AvgIpc) is 3.32. The summed E-state index contributed by atoms with van der Waals surface area (Å²) in [6.07, 6.45) is 3.35. The van der Waals surface area contributed by atoms with Crippen LogP contribution in [0.1, 0.15) is 34.7 Å². The second-order valence-electron chi connectivity index (χ2n) is 6.42. The van der Waals surface area contributed by atoms with E-state index in [1.54, 1.807) is 17.1 Å². The van der Waals surface area contributed by atoms with Gasteiger partial charge in [-0.3, -0.25) is 9.48 Å². The zero-order valence-electron chi connectivity index (χ0n) is 15.3. The second kappa shape index (κ2) is 7.07. The van der Waals surface area contributed by atoms with Crippen LogP contribution >= 0.6 is 0 Å². The maximum Gasteiger partial charge on any atom is 0.255 e. The largest absolute Gasteiger partial charge is 0.338 e. The van der Waals surface area contributed by atoms with Crippen LogP contribution in [0.25, 0.3) is 11.0 Å². The van der Waals surface area contributed by atoms with E-state index in [-0.39, 0.29) is 11.9 Å². The molecule has 4 rings (SSSR count). The molecule has 0 spiro atoms. The Morgan fingerprint density at radius 2 is 1.85 bits per heavy atom. The van der Waals surface area contributed by atoms with Gasteiger partial charge in [-0.15, -0.1) is 0 Å². The first-order valence-electron chi connectivity index (χ1n) is 8.97. The van der Waals surface area contributed by atoms with Gasteiger partial charge in [0.1, 0.15) is 11.9 Å². The number of carbonyl (C=O) groups is 1. The number of nitrogens with one attached hydrogen (secondary N) is 1. The maximum atomic E-state index is 12.9. The third kappa shape index (κ3) is 3.21. The predicted octanol–water partition coefficient (Wildman–Crippen LogP) is 3.31. The molecule has 4 aromatic rings. The van der Waals surface area contributed by atoms with E-state index in [2.05, 4.69) is 10.4 Å². The van der Waals surface area contributed by atoms with Crippen LogP contribution in [-0.4, -0.2) is 25.2 Å². The van der Waals surface area contributed by atoms with Gasteiger partial charge < -0.3 is 9.88 Å². The Morgan fingerprint density at radius 1 is 1.11 bits per heavy atom. The Kier molecular flexibility index (Phi) is 4.46. The van der Waals surface area contributed by atoms with Crippen LogP contribution in [0.2, 0.25) is 0 Å². The van der Waals surface area contributed by atoms with E-state index < -0.39 is 0 Å². The highest BCUT2D eigenvalue weighted by molar-refractivity contribution is 5.94. The van der Waals surface area contributed by atoms with E-state index in [1.165, 1.54) is 0 Å². The molecule has 0 saturated carbocycles. The second-order valence-corrected chi connectivity index (χ2v) is 6.42. The molecule has 136 valence electrons. The van der Waals surface area contributed by atoms with Crippen LogP contribution in [0.5, 0.6) is 0 Å². The first-order chi connectivity index (χ1) is 13.2. The molecule has 2 heterocycles. The molecule has 0 saturated heterocycles. The van der Waals surface area contributed by atoms with Crippen molar-refractivity contribution < 1.29 is 4.79 Å². The molecule has 1 atom stereocenters. The SMILES string of the molecule is CCn1cc(C(=O)N[C@H](c2ccccc2)c2nc3ccccc3n2C)cn1. The summed E-state index contributed by atoms with van der Waals surface area (Å²) in [5.74, 6) is 0.620. The Morgan fingerprint density at radius 3 is 2.56 bits per heavy atom. The highest BCUT2D eigenvalue weighted by Crippen LogP contribution is 2.25. The van der Waals surface area contributed by atoms with Crippen molar-refractivity contribution in [2.45, 2.75) is 19.5 Å². The summed E-state index contributed by atoms with van der Waals surface area (Å²) < 4.78 is 3.77. The summed E-state index contributed by atoms with van der Waals surface area (Å²) >= 11 is 0. The Hall–Kier alpha value is -3.41. The molecule has 0 radical (unpaired) electrons. The summed E-state index contributed by atoms with van der Waals surface area (Å²) in [6, 6.07) is 17.5. The molecule has 1 N–H and O–H groups in total. The molecule has 0 aliphatic carbocycles. The fraction of sp³-hybridized carbons (Fsp3) is 0.190. The Balaban J connectivity index is 1.75. The number of para-hydroxylation sites is 2. The Labute approximate surface area is 157 Å².